The first-order chi connectivity index (χ1) is 12.0. The minimum absolute atomic E-state index is 0. The quantitative estimate of drug-likeness (QED) is 0.737. The summed E-state index contributed by atoms with van der Waals surface area (Å²) in [6.07, 6.45) is 0.963. The Bertz CT molecular complexity index is 810. The van der Waals surface area contributed by atoms with E-state index >= 15 is 0 Å². The Morgan fingerprint density at radius 2 is 2.04 bits per heavy atom. The number of amides is 1. The van der Waals surface area contributed by atoms with Crippen molar-refractivity contribution in [3.05, 3.63) is 29.0 Å². The zero-order valence-electron chi connectivity index (χ0n) is 14.3. The highest BCUT2D eigenvalue weighted by atomic mass is 35.5. The minimum Gasteiger partial charge on any atom is -0.493 e. The van der Waals surface area contributed by atoms with Crippen molar-refractivity contribution in [1.29, 1.82) is 0 Å². The molecule has 1 saturated carbocycles. The van der Waals surface area contributed by atoms with E-state index in [-0.39, 0.29) is 30.1 Å². The molecule has 0 unspecified atom stereocenters. The lowest BCUT2D eigenvalue weighted by molar-refractivity contribution is 0.0453. The summed E-state index contributed by atoms with van der Waals surface area (Å²) < 4.78 is 10.9. The summed E-state index contributed by atoms with van der Waals surface area (Å²) in [7, 11) is 1.53. The number of aliphatic hydroxyl groups excluding tert-OH is 1. The second-order valence-electron chi connectivity index (χ2n) is 6.93. The molecule has 0 bridgehead atoms. The van der Waals surface area contributed by atoms with Crippen molar-refractivity contribution in [2.75, 3.05) is 20.2 Å². The third-order valence-corrected chi connectivity index (χ3v) is 5.57. The monoisotopic (exact) mass is 400 g/mol. The van der Waals surface area contributed by atoms with Crippen molar-refractivity contribution < 1.29 is 19.1 Å². The topological polar surface area (TPSA) is 83.7 Å². The van der Waals surface area contributed by atoms with E-state index in [1.54, 1.807) is 18.2 Å². The van der Waals surface area contributed by atoms with Crippen LogP contribution in [0.5, 0.6) is 5.75 Å². The second-order valence-corrected chi connectivity index (χ2v) is 7.37. The average molecular weight is 401 g/mol. The number of ether oxygens (including phenoxy) is 1. The Balaban J connectivity index is 0.00000196. The number of hydrogen-bond acceptors (Lipinski definition) is 5. The van der Waals surface area contributed by atoms with Crippen molar-refractivity contribution in [3.8, 4) is 5.75 Å². The van der Waals surface area contributed by atoms with Crippen LogP contribution in [0.4, 0.5) is 0 Å². The summed E-state index contributed by atoms with van der Waals surface area (Å²) in [5.74, 6) is 1.35. The van der Waals surface area contributed by atoms with Gasteiger partial charge in [0, 0.05) is 16.5 Å². The first-order valence-corrected chi connectivity index (χ1v) is 8.89. The van der Waals surface area contributed by atoms with E-state index in [0.29, 0.717) is 40.0 Å². The molecule has 1 aromatic carbocycles. The van der Waals surface area contributed by atoms with Gasteiger partial charge in [-0.05, 0) is 49.9 Å². The number of fused-ring (bicyclic) bond motifs is 2. The van der Waals surface area contributed by atoms with Gasteiger partial charge in [-0.3, -0.25) is 4.79 Å². The molecule has 3 N–H and O–H groups in total. The molecular weight excluding hydrogens is 379 g/mol. The van der Waals surface area contributed by atoms with Gasteiger partial charge in [-0.25, -0.2) is 0 Å². The van der Waals surface area contributed by atoms with Gasteiger partial charge in [0.05, 0.1) is 19.3 Å². The number of rotatable bonds is 3. The molecule has 0 radical (unpaired) electrons. The predicted octanol–water partition coefficient (Wildman–Crippen LogP) is 2.61. The standard InChI is InChI=1S/C18H21ClN2O4.ClH/c1-24-15-6-12(19)2-9-5-16(25-17(9)15)18(23)21-13-3-10-7-20-8-11(10)4-14(13)22;/h2,5-6,10-11,13-14,20,22H,3-4,7-8H2,1H3,(H,21,23);1H/t10-,11+,13-,14-;/m0./s1. The number of aliphatic hydroxyl groups is 1. The molecule has 8 heteroatoms. The van der Waals surface area contributed by atoms with Crippen LogP contribution in [-0.4, -0.2) is 43.4 Å². The van der Waals surface area contributed by atoms with Gasteiger partial charge in [0.1, 0.15) is 0 Å². The van der Waals surface area contributed by atoms with Gasteiger partial charge in [-0.2, -0.15) is 0 Å². The Labute approximate surface area is 162 Å². The van der Waals surface area contributed by atoms with Crippen molar-refractivity contribution in [2.24, 2.45) is 11.8 Å². The Kier molecular flexibility index (Phi) is 5.67. The molecule has 4 rings (SSSR count). The van der Waals surface area contributed by atoms with E-state index in [1.165, 1.54) is 7.11 Å². The molecule has 4 atom stereocenters. The van der Waals surface area contributed by atoms with Gasteiger partial charge < -0.3 is 24.9 Å². The Hall–Kier alpha value is -1.47. The number of hydrogen-bond donors (Lipinski definition) is 3. The number of nitrogens with one attached hydrogen (secondary N) is 2. The summed E-state index contributed by atoms with van der Waals surface area (Å²) >= 11 is 6.06. The number of benzene rings is 1. The van der Waals surface area contributed by atoms with Crippen LogP contribution in [0.2, 0.25) is 5.02 Å². The SMILES string of the molecule is COc1cc(Cl)cc2cc(C(=O)N[C@H]3C[C@H]4CNC[C@H]4C[C@@H]3O)oc12.Cl. The fourth-order valence-corrected chi connectivity index (χ4v) is 4.26. The maximum Gasteiger partial charge on any atom is 0.287 e. The number of carbonyl (C=O) groups is 1. The Morgan fingerprint density at radius 3 is 2.77 bits per heavy atom. The van der Waals surface area contributed by atoms with Crippen molar-refractivity contribution in [3.63, 3.8) is 0 Å². The number of furan rings is 1. The molecule has 1 aliphatic carbocycles. The van der Waals surface area contributed by atoms with Gasteiger partial charge in [-0.1, -0.05) is 11.6 Å². The number of methoxy groups -OCH3 is 1. The first-order valence-electron chi connectivity index (χ1n) is 8.52. The fourth-order valence-electron chi connectivity index (χ4n) is 4.04. The van der Waals surface area contributed by atoms with Crippen LogP contribution >= 0.6 is 24.0 Å². The molecule has 6 nitrogen and oxygen atoms in total. The first kappa shape index (κ1) is 19.3. The smallest absolute Gasteiger partial charge is 0.287 e. The molecule has 1 saturated heterocycles. The normalized spacial score (nSPS) is 27.7. The highest BCUT2D eigenvalue weighted by Crippen LogP contribution is 2.34. The summed E-state index contributed by atoms with van der Waals surface area (Å²) in [5.41, 5.74) is 0.487. The molecule has 2 fully saturated rings. The zero-order chi connectivity index (χ0) is 17.6. The summed E-state index contributed by atoms with van der Waals surface area (Å²) in [6, 6.07) is 4.76. The van der Waals surface area contributed by atoms with Gasteiger partial charge in [0.25, 0.3) is 5.91 Å². The molecule has 0 spiro atoms. The average Bonchev–Trinajstić information content (AvgIpc) is 3.20. The predicted molar refractivity (Wildman–Crippen MR) is 101 cm³/mol. The lowest BCUT2D eigenvalue weighted by atomic mass is 9.77. The van der Waals surface area contributed by atoms with E-state index in [1.807, 2.05) is 0 Å². The van der Waals surface area contributed by atoms with E-state index in [9.17, 15) is 9.90 Å². The van der Waals surface area contributed by atoms with Crippen LogP contribution in [0, 0.1) is 11.8 Å². The van der Waals surface area contributed by atoms with Gasteiger partial charge in [0.2, 0.25) is 0 Å². The fraction of sp³-hybridized carbons (Fsp3) is 0.500. The minimum atomic E-state index is -0.529. The maximum atomic E-state index is 12.6. The van der Waals surface area contributed by atoms with Gasteiger partial charge in [0.15, 0.2) is 17.1 Å². The summed E-state index contributed by atoms with van der Waals surface area (Å²) in [6.45, 7) is 1.90. The van der Waals surface area contributed by atoms with Gasteiger partial charge in [-0.15, -0.1) is 12.4 Å². The number of halogens is 2. The number of carbonyl (C=O) groups excluding carboxylic acids is 1. The van der Waals surface area contributed by atoms with Crippen LogP contribution in [0.3, 0.4) is 0 Å². The molecule has 26 heavy (non-hydrogen) atoms. The van der Waals surface area contributed by atoms with E-state index < -0.39 is 6.10 Å². The van der Waals surface area contributed by atoms with E-state index in [0.717, 1.165) is 19.5 Å². The van der Waals surface area contributed by atoms with Crippen molar-refractivity contribution in [2.45, 2.75) is 25.0 Å². The third kappa shape index (κ3) is 3.51. The maximum absolute atomic E-state index is 12.6. The molecule has 1 aromatic heterocycles. The molecule has 2 heterocycles. The van der Waals surface area contributed by atoms with Crippen LogP contribution in [0.15, 0.2) is 22.6 Å². The van der Waals surface area contributed by atoms with Crippen LogP contribution in [-0.2, 0) is 0 Å². The zero-order valence-corrected chi connectivity index (χ0v) is 15.9. The van der Waals surface area contributed by atoms with E-state index in [4.69, 9.17) is 20.8 Å². The highest BCUT2D eigenvalue weighted by Gasteiger charge is 2.39. The van der Waals surface area contributed by atoms with E-state index in [2.05, 4.69) is 10.6 Å². The summed E-state index contributed by atoms with van der Waals surface area (Å²) in [5, 5.41) is 17.9. The van der Waals surface area contributed by atoms with Gasteiger partial charge >= 0.3 is 0 Å². The largest absolute Gasteiger partial charge is 0.493 e. The van der Waals surface area contributed by atoms with Crippen LogP contribution in [0.25, 0.3) is 11.0 Å². The summed E-state index contributed by atoms with van der Waals surface area (Å²) in [4.78, 5) is 12.6. The van der Waals surface area contributed by atoms with Crippen molar-refractivity contribution >= 4 is 40.9 Å². The van der Waals surface area contributed by atoms with Crippen molar-refractivity contribution in [1.82, 2.24) is 10.6 Å². The van der Waals surface area contributed by atoms with Crippen LogP contribution < -0.4 is 15.4 Å². The molecule has 142 valence electrons. The third-order valence-electron chi connectivity index (χ3n) is 5.35. The molecule has 2 aromatic rings. The second kappa shape index (κ2) is 7.64. The Morgan fingerprint density at radius 1 is 1.31 bits per heavy atom. The molecule has 1 amide bonds. The van der Waals surface area contributed by atoms with Crippen LogP contribution in [0.1, 0.15) is 23.4 Å². The lowest BCUT2D eigenvalue weighted by Gasteiger charge is -2.35. The molecular formula is C18H22Cl2N2O4. The lowest BCUT2D eigenvalue weighted by Crippen LogP contribution is -2.49. The molecule has 1 aliphatic heterocycles. The molecule has 2 aliphatic rings. The highest BCUT2D eigenvalue weighted by molar-refractivity contribution is 6.31.